The average molecular weight is 325 g/mol. The van der Waals surface area contributed by atoms with E-state index in [1.54, 1.807) is 18.3 Å². The van der Waals surface area contributed by atoms with Gasteiger partial charge in [-0.05, 0) is 44.4 Å². The first-order chi connectivity index (χ1) is 11.6. The first-order valence-corrected chi connectivity index (χ1v) is 8.12. The van der Waals surface area contributed by atoms with Crippen LogP contribution in [-0.4, -0.2) is 22.1 Å². The van der Waals surface area contributed by atoms with Crippen molar-refractivity contribution in [2.24, 2.45) is 0 Å². The molecule has 2 amide bonds. The maximum atomic E-state index is 11.9. The summed E-state index contributed by atoms with van der Waals surface area (Å²) < 4.78 is 2.10. The second-order valence-electron chi connectivity index (χ2n) is 5.73. The van der Waals surface area contributed by atoms with Gasteiger partial charge >= 0.3 is 6.03 Å². The zero-order chi connectivity index (χ0) is 17.4. The highest BCUT2D eigenvalue weighted by atomic mass is 16.2. The van der Waals surface area contributed by atoms with Gasteiger partial charge in [-0.3, -0.25) is 0 Å². The number of urea groups is 1. The summed E-state index contributed by atoms with van der Waals surface area (Å²) in [6.07, 6.45) is 5.67. The van der Waals surface area contributed by atoms with Gasteiger partial charge in [0.15, 0.2) is 0 Å². The molecule has 2 aromatic rings. The summed E-state index contributed by atoms with van der Waals surface area (Å²) in [6.45, 7) is 5.45. The fourth-order valence-corrected chi connectivity index (χ4v) is 2.43. The van der Waals surface area contributed by atoms with Crippen LogP contribution in [0.5, 0.6) is 0 Å². The number of aryl methyl sites for hydroxylation is 2. The predicted octanol–water partition coefficient (Wildman–Crippen LogP) is 2.90. The molecule has 6 nitrogen and oxygen atoms in total. The third kappa shape index (κ3) is 5.13. The number of nitrogens with one attached hydrogen (secondary N) is 2. The van der Waals surface area contributed by atoms with Crippen molar-refractivity contribution in [3.8, 4) is 6.07 Å². The lowest BCUT2D eigenvalue weighted by Crippen LogP contribution is -2.37. The van der Waals surface area contributed by atoms with Crippen LogP contribution in [0.1, 0.15) is 42.8 Å². The molecule has 0 aliphatic rings. The topological polar surface area (TPSA) is 82.7 Å². The van der Waals surface area contributed by atoms with Gasteiger partial charge in [0, 0.05) is 25.5 Å². The van der Waals surface area contributed by atoms with Crippen LogP contribution in [0, 0.1) is 18.3 Å². The Bertz CT molecular complexity index is 699. The van der Waals surface area contributed by atoms with Gasteiger partial charge in [0.2, 0.25) is 0 Å². The smallest absolute Gasteiger partial charge is 0.315 e. The van der Waals surface area contributed by atoms with Gasteiger partial charge in [0.05, 0.1) is 17.7 Å². The predicted molar refractivity (Wildman–Crippen MR) is 92.3 cm³/mol. The third-order valence-corrected chi connectivity index (χ3v) is 3.92. The number of nitriles is 1. The van der Waals surface area contributed by atoms with Crippen LogP contribution in [0.3, 0.4) is 0 Å². The summed E-state index contributed by atoms with van der Waals surface area (Å²) in [5, 5.41) is 14.6. The number of hydrogen-bond acceptors (Lipinski definition) is 3. The van der Waals surface area contributed by atoms with Crippen molar-refractivity contribution in [3.05, 3.63) is 53.6 Å². The standard InChI is InChI=1S/C18H23N5O/c1-14(17-7-5-16(13-19)6-8-17)22-18(24)21-9-3-4-11-23-12-10-20-15(23)2/h5-8,10,12,14H,3-4,9,11H2,1-2H3,(H2,21,22,24)/t14-/m0/s1. The number of benzene rings is 1. The highest BCUT2D eigenvalue weighted by Gasteiger charge is 2.08. The van der Waals surface area contributed by atoms with Crippen molar-refractivity contribution < 1.29 is 4.79 Å². The molecule has 0 unspecified atom stereocenters. The molecule has 0 saturated heterocycles. The molecule has 1 aromatic heterocycles. The molecule has 0 spiro atoms. The fourth-order valence-electron chi connectivity index (χ4n) is 2.43. The van der Waals surface area contributed by atoms with Crippen molar-refractivity contribution in [2.45, 2.75) is 39.3 Å². The molecule has 2 rings (SSSR count). The zero-order valence-electron chi connectivity index (χ0n) is 14.1. The van der Waals surface area contributed by atoms with Gasteiger partial charge in [-0.15, -0.1) is 0 Å². The number of hydrogen-bond donors (Lipinski definition) is 2. The van der Waals surface area contributed by atoms with E-state index in [-0.39, 0.29) is 12.1 Å². The molecule has 1 atom stereocenters. The summed E-state index contributed by atoms with van der Waals surface area (Å²) in [7, 11) is 0. The Morgan fingerprint density at radius 3 is 2.71 bits per heavy atom. The van der Waals surface area contributed by atoms with Gasteiger partial charge in [-0.2, -0.15) is 5.26 Å². The quantitative estimate of drug-likeness (QED) is 0.768. The number of unbranched alkanes of at least 4 members (excludes halogenated alkanes) is 1. The van der Waals surface area contributed by atoms with Crippen molar-refractivity contribution >= 4 is 6.03 Å². The van der Waals surface area contributed by atoms with Gasteiger partial charge < -0.3 is 15.2 Å². The number of aromatic nitrogens is 2. The number of rotatable bonds is 7. The lowest BCUT2D eigenvalue weighted by molar-refractivity contribution is 0.237. The molecule has 6 heteroatoms. The third-order valence-electron chi connectivity index (χ3n) is 3.92. The molecule has 1 aromatic carbocycles. The largest absolute Gasteiger partial charge is 0.338 e. The molecule has 0 saturated carbocycles. The van der Waals surface area contributed by atoms with Crippen molar-refractivity contribution in [3.63, 3.8) is 0 Å². The second kappa shape index (κ2) is 8.73. The highest BCUT2D eigenvalue weighted by molar-refractivity contribution is 5.74. The van der Waals surface area contributed by atoms with E-state index in [0.717, 1.165) is 30.8 Å². The van der Waals surface area contributed by atoms with Crippen LogP contribution in [0.4, 0.5) is 4.79 Å². The van der Waals surface area contributed by atoms with E-state index in [0.29, 0.717) is 12.1 Å². The molecular weight excluding hydrogens is 302 g/mol. The van der Waals surface area contributed by atoms with Crippen LogP contribution < -0.4 is 10.6 Å². The summed E-state index contributed by atoms with van der Waals surface area (Å²) in [5.74, 6) is 1.01. The molecule has 24 heavy (non-hydrogen) atoms. The normalized spacial score (nSPS) is 11.5. The van der Waals surface area contributed by atoms with Gasteiger partial charge in [0.25, 0.3) is 0 Å². The molecule has 0 aliphatic carbocycles. The van der Waals surface area contributed by atoms with Crippen molar-refractivity contribution in [1.29, 1.82) is 5.26 Å². The molecular formula is C18H23N5O. The minimum Gasteiger partial charge on any atom is -0.338 e. The number of carbonyl (C=O) groups excluding carboxylic acids is 1. The first-order valence-electron chi connectivity index (χ1n) is 8.12. The molecule has 0 aliphatic heterocycles. The molecule has 0 radical (unpaired) electrons. The highest BCUT2D eigenvalue weighted by Crippen LogP contribution is 2.12. The molecule has 126 valence electrons. The second-order valence-corrected chi connectivity index (χ2v) is 5.73. The van der Waals surface area contributed by atoms with Crippen LogP contribution in [0.25, 0.3) is 0 Å². The van der Waals surface area contributed by atoms with E-state index in [2.05, 4.69) is 26.3 Å². The minimum absolute atomic E-state index is 0.105. The van der Waals surface area contributed by atoms with Crippen molar-refractivity contribution in [2.75, 3.05) is 6.54 Å². The SMILES string of the molecule is Cc1nccn1CCCCNC(=O)N[C@@H](C)c1ccc(C#N)cc1. The van der Waals surface area contributed by atoms with E-state index >= 15 is 0 Å². The maximum absolute atomic E-state index is 11.9. The minimum atomic E-state index is -0.175. The molecule has 1 heterocycles. The average Bonchev–Trinajstić information content (AvgIpc) is 2.99. The van der Waals surface area contributed by atoms with Crippen molar-refractivity contribution in [1.82, 2.24) is 20.2 Å². The van der Waals surface area contributed by atoms with E-state index in [1.165, 1.54) is 0 Å². The van der Waals surface area contributed by atoms with E-state index < -0.39 is 0 Å². The Labute approximate surface area is 142 Å². The van der Waals surface area contributed by atoms with Crippen LogP contribution >= 0.6 is 0 Å². The number of nitrogens with zero attached hydrogens (tertiary/aromatic N) is 3. The van der Waals surface area contributed by atoms with Crippen LogP contribution in [0.2, 0.25) is 0 Å². The van der Waals surface area contributed by atoms with Gasteiger partial charge in [0.1, 0.15) is 5.82 Å². The summed E-state index contributed by atoms with van der Waals surface area (Å²) >= 11 is 0. The lowest BCUT2D eigenvalue weighted by Gasteiger charge is -2.15. The number of amides is 2. The Morgan fingerprint density at radius 1 is 1.33 bits per heavy atom. The number of imidazole rings is 1. The molecule has 2 N–H and O–H groups in total. The summed E-state index contributed by atoms with van der Waals surface area (Å²) in [4.78, 5) is 16.1. The molecule has 0 fully saturated rings. The Kier molecular flexibility index (Phi) is 6.38. The van der Waals surface area contributed by atoms with Gasteiger partial charge in [-0.25, -0.2) is 9.78 Å². The van der Waals surface area contributed by atoms with E-state index in [1.807, 2.05) is 32.2 Å². The van der Waals surface area contributed by atoms with E-state index in [9.17, 15) is 4.79 Å². The van der Waals surface area contributed by atoms with Crippen LogP contribution in [-0.2, 0) is 6.54 Å². The monoisotopic (exact) mass is 325 g/mol. The van der Waals surface area contributed by atoms with E-state index in [4.69, 9.17) is 5.26 Å². The Morgan fingerprint density at radius 2 is 2.08 bits per heavy atom. The van der Waals surface area contributed by atoms with Crippen LogP contribution in [0.15, 0.2) is 36.7 Å². The fraction of sp³-hybridized carbons (Fsp3) is 0.389. The molecule has 0 bridgehead atoms. The number of carbonyl (C=O) groups is 1. The summed E-state index contributed by atoms with van der Waals surface area (Å²) in [5.41, 5.74) is 1.59. The zero-order valence-corrected chi connectivity index (χ0v) is 14.1. The lowest BCUT2D eigenvalue weighted by atomic mass is 10.1. The maximum Gasteiger partial charge on any atom is 0.315 e. The van der Waals surface area contributed by atoms with Gasteiger partial charge in [-0.1, -0.05) is 12.1 Å². The summed E-state index contributed by atoms with van der Waals surface area (Å²) in [6, 6.07) is 9.02. The Hall–Kier alpha value is -2.81. The Balaban J connectivity index is 1.65. The first kappa shape index (κ1) is 17.5.